The molecule has 1 aromatic heterocycles. The van der Waals surface area contributed by atoms with Gasteiger partial charge >= 0.3 is 5.97 Å². The van der Waals surface area contributed by atoms with Crippen molar-refractivity contribution in [3.05, 3.63) is 65.7 Å². The number of carbonyl (C=O) groups is 1. The summed E-state index contributed by atoms with van der Waals surface area (Å²) in [5.74, 6) is -0.355. The number of rotatable bonds is 6. The van der Waals surface area contributed by atoms with Crippen LogP contribution >= 0.6 is 0 Å². The van der Waals surface area contributed by atoms with Crippen molar-refractivity contribution in [3.63, 3.8) is 0 Å². The van der Waals surface area contributed by atoms with Crippen LogP contribution in [0.2, 0.25) is 0 Å². The lowest BCUT2D eigenvalue weighted by Gasteiger charge is -2.15. The third-order valence-corrected chi connectivity index (χ3v) is 3.99. The molecule has 0 saturated heterocycles. The number of benzene rings is 2. The van der Waals surface area contributed by atoms with E-state index >= 15 is 0 Å². The molecule has 0 amide bonds. The van der Waals surface area contributed by atoms with Crippen LogP contribution < -0.4 is 4.74 Å². The predicted molar refractivity (Wildman–Crippen MR) is 91.4 cm³/mol. The second-order valence-electron chi connectivity index (χ2n) is 5.47. The number of fused-ring (bicyclic) bond motifs is 1. The summed E-state index contributed by atoms with van der Waals surface area (Å²) in [6.45, 7) is 0.00429. The number of hydrogen-bond acceptors (Lipinski definition) is 4. The molecule has 1 unspecified atom stereocenters. The molecule has 5 heteroatoms. The zero-order valence-corrected chi connectivity index (χ0v) is 13.4. The fourth-order valence-electron chi connectivity index (χ4n) is 2.70. The minimum Gasteiger partial charge on any atom is -0.482 e. The van der Waals surface area contributed by atoms with Crippen molar-refractivity contribution < 1.29 is 19.4 Å². The molecule has 0 fully saturated rings. The summed E-state index contributed by atoms with van der Waals surface area (Å²) in [6, 6.07) is 16.9. The van der Waals surface area contributed by atoms with Crippen LogP contribution in [0.4, 0.5) is 0 Å². The maximum absolute atomic E-state index is 12.5. The summed E-state index contributed by atoms with van der Waals surface area (Å²) >= 11 is 0. The molecule has 5 nitrogen and oxygen atoms in total. The van der Waals surface area contributed by atoms with E-state index in [9.17, 15) is 9.90 Å². The summed E-state index contributed by atoms with van der Waals surface area (Å²) in [5.41, 5.74) is 2.11. The van der Waals surface area contributed by atoms with Gasteiger partial charge < -0.3 is 19.6 Å². The predicted octanol–water partition coefficient (Wildman–Crippen LogP) is 3.11. The van der Waals surface area contributed by atoms with Crippen molar-refractivity contribution in [2.75, 3.05) is 20.3 Å². The van der Waals surface area contributed by atoms with Gasteiger partial charge in [0, 0.05) is 16.8 Å². The van der Waals surface area contributed by atoms with Crippen LogP contribution in [0.3, 0.4) is 0 Å². The molecule has 3 aromatic rings. The summed E-state index contributed by atoms with van der Waals surface area (Å²) in [5, 5.41) is 10.3. The Hall–Kier alpha value is -2.79. The van der Waals surface area contributed by atoms with Gasteiger partial charge in [-0.25, -0.2) is 4.79 Å². The first-order chi connectivity index (χ1) is 11.7. The Balaban J connectivity index is 1.80. The zero-order valence-electron chi connectivity index (χ0n) is 13.4. The summed E-state index contributed by atoms with van der Waals surface area (Å²) in [7, 11) is 1.50. The molecule has 1 atom stereocenters. The van der Waals surface area contributed by atoms with Crippen molar-refractivity contribution in [1.82, 2.24) is 4.98 Å². The molecule has 0 bridgehead atoms. The second-order valence-corrected chi connectivity index (χ2v) is 5.47. The number of esters is 1. The van der Waals surface area contributed by atoms with Crippen LogP contribution in [0.15, 0.2) is 54.6 Å². The highest BCUT2D eigenvalue weighted by Crippen LogP contribution is 2.29. The topological polar surface area (TPSA) is 71.6 Å². The number of hydrogen-bond donors (Lipinski definition) is 2. The smallest absolute Gasteiger partial charge is 0.344 e. The van der Waals surface area contributed by atoms with Gasteiger partial charge in [-0.15, -0.1) is 0 Å². The van der Waals surface area contributed by atoms with Gasteiger partial charge in [-0.05, 0) is 11.6 Å². The average molecular weight is 325 g/mol. The fraction of sp³-hybridized carbons (Fsp3) is 0.211. The zero-order chi connectivity index (χ0) is 16.9. The molecule has 2 N–H and O–H groups in total. The molecule has 0 saturated carbocycles. The van der Waals surface area contributed by atoms with E-state index < -0.39 is 5.97 Å². The van der Waals surface area contributed by atoms with Gasteiger partial charge in [0.05, 0.1) is 13.7 Å². The van der Waals surface area contributed by atoms with Crippen LogP contribution in [0.25, 0.3) is 10.9 Å². The summed E-state index contributed by atoms with van der Waals surface area (Å²) in [6.07, 6.45) is 0. The van der Waals surface area contributed by atoms with Crippen molar-refractivity contribution >= 4 is 16.9 Å². The van der Waals surface area contributed by atoms with Crippen LogP contribution in [0, 0.1) is 0 Å². The molecule has 0 aliphatic carbocycles. The number of aliphatic hydroxyl groups excluding tert-OH is 1. The van der Waals surface area contributed by atoms with E-state index in [0.29, 0.717) is 11.4 Å². The number of aromatic amines is 1. The van der Waals surface area contributed by atoms with E-state index in [1.54, 1.807) is 0 Å². The quantitative estimate of drug-likeness (QED) is 0.683. The minimum atomic E-state index is -0.473. The molecule has 0 spiro atoms. The number of methoxy groups -OCH3 is 1. The number of aromatic nitrogens is 1. The Bertz CT molecular complexity index is 826. The second kappa shape index (κ2) is 7.19. The number of para-hydroxylation sites is 1. The highest BCUT2D eigenvalue weighted by molar-refractivity contribution is 6.06. The van der Waals surface area contributed by atoms with Crippen molar-refractivity contribution in [1.29, 1.82) is 0 Å². The third kappa shape index (κ3) is 3.12. The Morgan fingerprint density at radius 1 is 1.12 bits per heavy atom. The number of carbonyl (C=O) groups excluding carboxylic acids is 1. The summed E-state index contributed by atoms with van der Waals surface area (Å²) in [4.78, 5) is 15.6. The number of nitrogens with one attached hydrogen (secondary N) is 1. The first kappa shape index (κ1) is 16.1. The molecule has 0 radical (unpaired) electrons. The average Bonchev–Trinajstić information content (AvgIpc) is 3.01. The normalized spacial score (nSPS) is 12.1. The van der Waals surface area contributed by atoms with Crippen LogP contribution in [0.5, 0.6) is 5.88 Å². The highest BCUT2D eigenvalue weighted by atomic mass is 16.5. The van der Waals surface area contributed by atoms with E-state index in [4.69, 9.17) is 9.47 Å². The van der Waals surface area contributed by atoms with Crippen molar-refractivity contribution in [2.45, 2.75) is 5.92 Å². The molecule has 24 heavy (non-hydrogen) atoms. The van der Waals surface area contributed by atoms with Gasteiger partial charge in [-0.3, -0.25) is 0 Å². The summed E-state index contributed by atoms with van der Waals surface area (Å²) < 4.78 is 10.7. The molecule has 124 valence electrons. The largest absolute Gasteiger partial charge is 0.482 e. The molecule has 3 rings (SSSR count). The maximum atomic E-state index is 12.5. The van der Waals surface area contributed by atoms with Crippen LogP contribution in [0.1, 0.15) is 21.8 Å². The van der Waals surface area contributed by atoms with Crippen molar-refractivity contribution in [3.8, 4) is 5.88 Å². The Morgan fingerprint density at radius 2 is 1.83 bits per heavy atom. The SMILES string of the molecule is COc1[nH]c2ccccc2c1C(=O)OCC(CO)c1ccccc1. The Morgan fingerprint density at radius 3 is 2.54 bits per heavy atom. The number of H-pyrrole nitrogens is 1. The van der Waals surface area contributed by atoms with Gasteiger partial charge in [0.15, 0.2) is 0 Å². The number of aliphatic hydroxyl groups is 1. The van der Waals surface area contributed by atoms with E-state index in [1.165, 1.54) is 7.11 Å². The fourth-order valence-corrected chi connectivity index (χ4v) is 2.70. The standard InChI is InChI=1S/C19H19NO4/c1-23-18-17(15-9-5-6-10-16(15)20-18)19(22)24-12-14(11-21)13-7-3-2-4-8-13/h2-10,14,20-21H,11-12H2,1H3. The molecule has 1 heterocycles. The number of ether oxygens (including phenoxy) is 2. The van der Waals surface area contributed by atoms with Gasteiger partial charge in [0.2, 0.25) is 5.88 Å². The van der Waals surface area contributed by atoms with Gasteiger partial charge in [-0.2, -0.15) is 0 Å². The van der Waals surface area contributed by atoms with Gasteiger partial charge in [-0.1, -0.05) is 48.5 Å². The molecule has 2 aromatic carbocycles. The Labute approximate surface area is 139 Å². The van der Waals surface area contributed by atoms with E-state index in [2.05, 4.69) is 4.98 Å². The maximum Gasteiger partial charge on any atom is 0.344 e. The first-order valence-electron chi connectivity index (χ1n) is 7.72. The van der Waals surface area contributed by atoms with Crippen LogP contribution in [-0.2, 0) is 4.74 Å². The van der Waals surface area contributed by atoms with Crippen LogP contribution in [-0.4, -0.2) is 36.4 Å². The minimum absolute atomic E-state index is 0.0949. The lowest BCUT2D eigenvalue weighted by Crippen LogP contribution is -2.16. The molecule has 0 aliphatic heterocycles. The Kier molecular flexibility index (Phi) is 4.82. The molecular weight excluding hydrogens is 306 g/mol. The lowest BCUT2D eigenvalue weighted by molar-refractivity contribution is 0.0449. The molecule has 0 aliphatic rings. The van der Waals surface area contributed by atoms with E-state index in [-0.39, 0.29) is 19.1 Å². The van der Waals surface area contributed by atoms with E-state index in [1.807, 2.05) is 54.6 Å². The highest BCUT2D eigenvalue weighted by Gasteiger charge is 2.22. The van der Waals surface area contributed by atoms with Crippen molar-refractivity contribution in [2.24, 2.45) is 0 Å². The molecular formula is C19H19NO4. The first-order valence-corrected chi connectivity index (χ1v) is 7.72. The van der Waals surface area contributed by atoms with E-state index in [0.717, 1.165) is 16.5 Å². The van der Waals surface area contributed by atoms with Gasteiger partial charge in [0.25, 0.3) is 0 Å². The monoisotopic (exact) mass is 325 g/mol. The third-order valence-electron chi connectivity index (χ3n) is 3.99. The van der Waals surface area contributed by atoms with Gasteiger partial charge in [0.1, 0.15) is 12.2 Å². The lowest BCUT2D eigenvalue weighted by atomic mass is 10.0.